The lowest BCUT2D eigenvalue weighted by Crippen LogP contribution is -2.02. The van der Waals surface area contributed by atoms with Crippen LogP contribution in [0.3, 0.4) is 0 Å². The Morgan fingerprint density at radius 2 is 2.21 bits per heavy atom. The Kier molecular flexibility index (Phi) is 2.91. The van der Waals surface area contributed by atoms with E-state index in [-0.39, 0.29) is 11.4 Å². The van der Waals surface area contributed by atoms with Crippen molar-refractivity contribution < 1.29 is 9.66 Å². The van der Waals surface area contributed by atoms with Gasteiger partial charge in [0.05, 0.1) is 17.6 Å². The Hall–Kier alpha value is -1.78. The Bertz CT molecular complexity index is 363. The number of ether oxygens (including phenoxy) is 1. The number of nitro benzene ring substituents is 1. The van der Waals surface area contributed by atoms with E-state index in [2.05, 4.69) is 0 Å². The van der Waals surface area contributed by atoms with Crippen LogP contribution in [-0.2, 0) is 6.42 Å². The second kappa shape index (κ2) is 3.95. The number of nitro groups is 1. The SMILES string of the molecule is CCc1c(N)ccc(OC)c1[N+](=O)[O-]. The molecule has 0 unspecified atom stereocenters. The van der Waals surface area contributed by atoms with Crippen LogP contribution in [0.2, 0.25) is 0 Å². The van der Waals surface area contributed by atoms with Gasteiger partial charge in [-0.25, -0.2) is 0 Å². The van der Waals surface area contributed by atoms with E-state index in [1.54, 1.807) is 6.07 Å². The van der Waals surface area contributed by atoms with Gasteiger partial charge in [-0.1, -0.05) is 6.92 Å². The highest BCUT2D eigenvalue weighted by molar-refractivity contribution is 5.64. The highest BCUT2D eigenvalue weighted by atomic mass is 16.6. The van der Waals surface area contributed by atoms with Gasteiger partial charge in [0.15, 0.2) is 5.75 Å². The zero-order valence-electron chi connectivity index (χ0n) is 8.11. The molecule has 0 aliphatic carbocycles. The molecule has 0 aromatic heterocycles. The zero-order chi connectivity index (χ0) is 10.7. The molecule has 14 heavy (non-hydrogen) atoms. The fourth-order valence-electron chi connectivity index (χ4n) is 1.37. The molecule has 0 radical (unpaired) electrons. The minimum atomic E-state index is -0.464. The van der Waals surface area contributed by atoms with Gasteiger partial charge in [0.2, 0.25) is 0 Å². The van der Waals surface area contributed by atoms with Crippen molar-refractivity contribution in [3.63, 3.8) is 0 Å². The second-order valence-electron chi connectivity index (χ2n) is 2.79. The van der Waals surface area contributed by atoms with Crippen LogP contribution in [0, 0.1) is 10.1 Å². The van der Waals surface area contributed by atoms with E-state index in [0.29, 0.717) is 17.7 Å². The van der Waals surface area contributed by atoms with Gasteiger partial charge in [-0.15, -0.1) is 0 Å². The topological polar surface area (TPSA) is 78.4 Å². The van der Waals surface area contributed by atoms with Crippen LogP contribution in [0.4, 0.5) is 11.4 Å². The molecule has 1 aromatic carbocycles. The molecule has 5 nitrogen and oxygen atoms in total. The highest BCUT2D eigenvalue weighted by Crippen LogP contribution is 2.34. The van der Waals surface area contributed by atoms with Crippen LogP contribution in [0.1, 0.15) is 12.5 Å². The van der Waals surface area contributed by atoms with Gasteiger partial charge in [-0.05, 0) is 18.6 Å². The van der Waals surface area contributed by atoms with Crippen molar-refractivity contribution in [2.24, 2.45) is 0 Å². The Labute approximate surface area is 81.6 Å². The molecule has 0 saturated carbocycles. The van der Waals surface area contributed by atoms with Crippen LogP contribution in [0.5, 0.6) is 5.75 Å². The molecule has 0 spiro atoms. The van der Waals surface area contributed by atoms with Crippen LogP contribution in [0.15, 0.2) is 12.1 Å². The third kappa shape index (κ3) is 1.61. The summed E-state index contributed by atoms with van der Waals surface area (Å²) in [7, 11) is 1.40. The molecule has 0 amide bonds. The maximum absolute atomic E-state index is 10.8. The van der Waals surface area contributed by atoms with Crippen molar-refractivity contribution in [1.82, 2.24) is 0 Å². The van der Waals surface area contributed by atoms with Crippen LogP contribution < -0.4 is 10.5 Å². The molecule has 1 rings (SSSR count). The Morgan fingerprint density at radius 3 is 2.64 bits per heavy atom. The van der Waals surface area contributed by atoms with E-state index in [1.165, 1.54) is 13.2 Å². The fourth-order valence-corrected chi connectivity index (χ4v) is 1.37. The lowest BCUT2D eigenvalue weighted by Gasteiger charge is -2.07. The average Bonchev–Trinajstić information content (AvgIpc) is 2.17. The number of benzene rings is 1. The van der Waals surface area contributed by atoms with Crippen LogP contribution in [0.25, 0.3) is 0 Å². The van der Waals surface area contributed by atoms with Gasteiger partial charge in [0, 0.05) is 5.69 Å². The lowest BCUT2D eigenvalue weighted by molar-refractivity contribution is -0.386. The van der Waals surface area contributed by atoms with Crippen molar-refractivity contribution >= 4 is 11.4 Å². The number of hydrogen-bond acceptors (Lipinski definition) is 4. The number of hydrogen-bond donors (Lipinski definition) is 1. The molecule has 1 aromatic rings. The van der Waals surface area contributed by atoms with E-state index in [9.17, 15) is 10.1 Å². The van der Waals surface area contributed by atoms with E-state index < -0.39 is 4.92 Å². The molecular weight excluding hydrogens is 184 g/mol. The molecule has 0 heterocycles. The molecule has 0 aliphatic rings. The average molecular weight is 196 g/mol. The van der Waals surface area contributed by atoms with Gasteiger partial charge in [-0.3, -0.25) is 10.1 Å². The van der Waals surface area contributed by atoms with Crippen molar-refractivity contribution in [3.05, 3.63) is 27.8 Å². The van der Waals surface area contributed by atoms with Crippen molar-refractivity contribution in [1.29, 1.82) is 0 Å². The predicted octanol–water partition coefficient (Wildman–Crippen LogP) is 1.75. The third-order valence-electron chi connectivity index (χ3n) is 2.04. The maximum Gasteiger partial charge on any atom is 0.316 e. The Morgan fingerprint density at radius 1 is 1.57 bits per heavy atom. The summed E-state index contributed by atoms with van der Waals surface area (Å²) in [6.45, 7) is 1.82. The first-order valence-corrected chi connectivity index (χ1v) is 4.21. The van der Waals surface area contributed by atoms with Crippen LogP contribution >= 0.6 is 0 Å². The molecule has 0 bridgehead atoms. The summed E-state index contributed by atoms with van der Waals surface area (Å²) in [6.07, 6.45) is 0.513. The molecule has 0 aliphatic heterocycles. The number of anilines is 1. The highest BCUT2D eigenvalue weighted by Gasteiger charge is 2.21. The standard InChI is InChI=1S/C9H12N2O3/c1-3-6-7(10)4-5-8(14-2)9(6)11(12)13/h4-5H,3,10H2,1-2H3. The minimum Gasteiger partial charge on any atom is -0.490 e. The predicted molar refractivity (Wildman–Crippen MR) is 53.4 cm³/mol. The van der Waals surface area contributed by atoms with Gasteiger partial charge in [0.25, 0.3) is 0 Å². The van der Waals surface area contributed by atoms with Crippen molar-refractivity contribution in [2.75, 3.05) is 12.8 Å². The van der Waals surface area contributed by atoms with E-state index in [4.69, 9.17) is 10.5 Å². The zero-order valence-corrected chi connectivity index (χ0v) is 8.11. The number of nitrogens with two attached hydrogens (primary N) is 1. The largest absolute Gasteiger partial charge is 0.490 e. The molecule has 0 saturated heterocycles. The summed E-state index contributed by atoms with van der Waals surface area (Å²) in [4.78, 5) is 10.3. The normalized spacial score (nSPS) is 9.86. The summed E-state index contributed by atoms with van der Waals surface area (Å²) in [6, 6.07) is 3.12. The third-order valence-corrected chi connectivity index (χ3v) is 2.04. The van der Waals surface area contributed by atoms with Crippen LogP contribution in [-0.4, -0.2) is 12.0 Å². The van der Waals surface area contributed by atoms with Crippen molar-refractivity contribution in [2.45, 2.75) is 13.3 Å². The molecule has 2 N–H and O–H groups in total. The quantitative estimate of drug-likeness (QED) is 0.453. The van der Waals surface area contributed by atoms with E-state index in [0.717, 1.165) is 0 Å². The summed E-state index contributed by atoms with van der Waals surface area (Å²) in [5.74, 6) is 0.251. The first-order valence-electron chi connectivity index (χ1n) is 4.21. The molecule has 0 atom stereocenters. The van der Waals surface area contributed by atoms with E-state index in [1.807, 2.05) is 6.92 Å². The first kappa shape index (κ1) is 10.3. The van der Waals surface area contributed by atoms with Gasteiger partial charge in [-0.2, -0.15) is 0 Å². The fraction of sp³-hybridized carbons (Fsp3) is 0.333. The second-order valence-corrected chi connectivity index (χ2v) is 2.79. The van der Waals surface area contributed by atoms with E-state index >= 15 is 0 Å². The van der Waals surface area contributed by atoms with Crippen molar-refractivity contribution in [3.8, 4) is 5.75 Å². The minimum absolute atomic E-state index is 0.0324. The summed E-state index contributed by atoms with van der Waals surface area (Å²) < 4.78 is 4.91. The van der Waals surface area contributed by atoms with Gasteiger partial charge >= 0.3 is 5.69 Å². The van der Waals surface area contributed by atoms with Gasteiger partial charge < -0.3 is 10.5 Å². The molecule has 0 fully saturated rings. The summed E-state index contributed by atoms with van der Waals surface area (Å²) in [5, 5.41) is 10.8. The number of rotatable bonds is 3. The number of nitrogen functional groups attached to an aromatic ring is 1. The number of nitrogens with zero attached hydrogens (tertiary/aromatic N) is 1. The summed E-state index contributed by atoms with van der Waals surface area (Å²) in [5.41, 5.74) is 6.55. The molecule has 76 valence electrons. The Balaban J connectivity index is 3.43. The number of methoxy groups -OCH3 is 1. The first-order chi connectivity index (χ1) is 6.61. The molecule has 5 heteroatoms. The maximum atomic E-state index is 10.8. The summed E-state index contributed by atoms with van der Waals surface area (Å²) >= 11 is 0. The van der Waals surface area contributed by atoms with Gasteiger partial charge in [0.1, 0.15) is 0 Å². The monoisotopic (exact) mass is 196 g/mol. The lowest BCUT2D eigenvalue weighted by atomic mass is 10.1. The molecular formula is C9H12N2O3. The smallest absolute Gasteiger partial charge is 0.316 e.